The van der Waals surface area contributed by atoms with E-state index in [4.69, 9.17) is 11.6 Å². The number of anilines is 1. The summed E-state index contributed by atoms with van der Waals surface area (Å²) in [4.78, 5) is 52.8. The van der Waals surface area contributed by atoms with Crippen LogP contribution in [0.5, 0.6) is 0 Å². The molecule has 4 heterocycles. The average molecular weight is 554 g/mol. The number of urea groups is 1. The molecule has 2 N–H and O–H groups in total. The predicted molar refractivity (Wildman–Crippen MR) is 145 cm³/mol. The van der Waals surface area contributed by atoms with E-state index in [9.17, 15) is 14.4 Å². The molecular weight excluding hydrogens is 526 g/mol. The third-order valence-electron chi connectivity index (χ3n) is 6.77. The minimum absolute atomic E-state index is 0.0822. The summed E-state index contributed by atoms with van der Waals surface area (Å²) >= 11 is 7.34. The lowest BCUT2D eigenvalue weighted by Crippen LogP contribution is -2.54. The second-order valence-electron chi connectivity index (χ2n) is 9.20. The zero-order valence-electron chi connectivity index (χ0n) is 20.7. The Morgan fingerprint density at radius 1 is 0.895 bits per heavy atom. The molecule has 10 nitrogen and oxygen atoms in total. The molecule has 2 aliphatic heterocycles. The number of hydrogen-bond acceptors (Lipinski definition) is 7. The van der Waals surface area contributed by atoms with Gasteiger partial charge in [0, 0.05) is 67.3 Å². The van der Waals surface area contributed by atoms with Crippen LogP contribution in [-0.4, -0.2) is 76.9 Å². The molecule has 2 aliphatic rings. The maximum Gasteiger partial charge on any atom is 0.320 e. The van der Waals surface area contributed by atoms with Gasteiger partial charge in [-0.1, -0.05) is 23.7 Å². The number of thiazole rings is 1. The quantitative estimate of drug-likeness (QED) is 0.479. The molecule has 1 aromatic carbocycles. The Morgan fingerprint density at radius 3 is 2.34 bits per heavy atom. The molecule has 0 aliphatic carbocycles. The fraction of sp³-hybridized carbons (Fsp3) is 0.346. The van der Waals surface area contributed by atoms with Gasteiger partial charge >= 0.3 is 6.03 Å². The minimum atomic E-state index is -0.486. The van der Waals surface area contributed by atoms with Gasteiger partial charge in [-0.2, -0.15) is 0 Å². The van der Waals surface area contributed by atoms with Crippen molar-refractivity contribution in [3.05, 3.63) is 75.3 Å². The highest BCUT2D eigenvalue weighted by molar-refractivity contribution is 7.09. The van der Waals surface area contributed by atoms with E-state index in [1.807, 2.05) is 28.0 Å². The molecule has 198 valence electrons. The van der Waals surface area contributed by atoms with Crippen molar-refractivity contribution < 1.29 is 14.4 Å². The van der Waals surface area contributed by atoms with Crippen LogP contribution in [0, 0.1) is 0 Å². The van der Waals surface area contributed by atoms with Crippen molar-refractivity contribution in [1.29, 1.82) is 0 Å². The second kappa shape index (κ2) is 11.8. The Morgan fingerprint density at radius 2 is 1.63 bits per heavy atom. The summed E-state index contributed by atoms with van der Waals surface area (Å²) in [5.74, 6) is 0.180. The van der Waals surface area contributed by atoms with Gasteiger partial charge in [0.2, 0.25) is 0 Å². The SMILES string of the molecule is O=C(NNC(=O)c1csc(C2CCN(C(=O)N3CCN(c4ccccn4)CC3)CC2)n1)c1cccc(Cl)c1. The summed E-state index contributed by atoms with van der Waals surface area (Å²) in [5.41, 5.74) is 5.38. The van der Waals surface area contributed by atoms with Crippen LogP contribution < -0.4 is 15.8 Å². The number of hydrogen-bond donors (Lipinski definition) is 2. The van der Waals surface area contributed by atoms with Crippen molar-refractivity contribution in [1.82, 2.24) is 30.6 Å². The number of halogens is 1. The molecule has 2 fully saturated rings. The Hall–Kier alpha value is -3.70. The van der Waals surface area contributed by atoms with Crippen LogP contribution in [0.3, 0.4) is 0 Å². The van der Waals surface area contributed by atoms with Gasteiger partial charge in [-0.05, 0) is 43.2 Å². The van der Waals surface area contributed by atoms with E-state index in [1.54, 1.807) is 29.8 Å². The van der Waals surface area contributed by atoms with Gasteiger partial charge in [-0.15, -0.1) is 11.3 Å². The van der Waals surface area contributed by atoms with Crippen molar-refractivity contribution in [2.45, 2.75) is 18.8 Å². The normalized spacial score (nSPS) is 16.3. The van der Waals surface area contributed by atoms with Crippen LogP contribution in [0.15, 0.2) is 54.0 Å². The van der Waals surface area contributed by atoms with Crippen molar-refractivity contribution >= 4 is 46.6 Å². The fourth-order valence-electron chi connectivity index (χ4n) is 4.64. The van der Waals surface area contributed by atoms with Gasteiger partial charge in [0.25, 0.3) is 11.8 Å². The van der Waals surface area contributed by atoms with E-state index in [2.05, 4.69) is 25.7 Å². The zero-order valence-corrected chi connectivity index (χ0v) is 22.2. The molecule has 38 heavy (non-hydrogen) atoms. The van der Waals surface area contributed by atoms with Gasteiger partial charge in [-0.25, -0.2) is 14.8 Å². The van der Waals surface area contributed by atoms with Crippen LogP contribution in [0.4, 0.5) is 10.6 Å². The molecule has 12 heteroatoms. The number of benzene rings is 1. The maximum atomic E-state index is 13.1. The van der Waals surface area contributed by atoms with Crippen molar-refractivity contribution in [3.8, 4) is 0 Å². The van der Waals surface area contributed by atoms with Crippen LogP contribution >= 0.6 is 22.9 Å². The topological polar surface area (TPSA) is 111 Å². The number of carbonyl (C=O) groups is 3. The van der Waals surface area contributed by atoms with Gasteiger partial charge in [0.1, 0.15) is 11.5 Å². The third-order valence-corrected chi connectivity index (χ3v) is 8.01. The monoisotopic (exact) mass is 553 g/mol. The van der Waals surface area contributed by atoms with Gasteiger partial charge < -0.3 is 14.7 Å². The van der Waals surface area contributed by atoms with Crippen LogP contribution in [0.2, 0.25) is 5.02 Å². The van der Waals surface area contributed by atoms with Crippen molar-refractivity contribution in [2.24, 2.45) is 0 Å². The van der Waals surface area contributed by atoms with E-state index in [0.717, 1.165) is 36.8 Å². The molecule has 0 radical (unpaired) electrons. The molecule has 5 rings (SSSR count). The summed E-state index contributed by atoms with van der Waals surface area (Å²) in [6, 6.07) is 12.4. The minimum Gasteiger partial charge on any atom is -0.353 e. The van der Waals surface area contributed by atoms with Gasteiger partial charge in [0.15, 0.2) is 0 Å². The first-order valence-electron chi connectivity index (χ1n) is 12.5. The largest absolute Gasteiger partial charge is 0.353 e. The summed E-state index contributed by atoms with van der Waals surface area (Å²) in [7, 11) is 0. The Balaban J connectivity index is 1.07. The van der Waals surface area contributed by atoms with Crippen LogP contribution in [0.1, 0.15) is 44.6 Å². The molecule has 2 saturated heterocycles. The number of hydrazine groups is 1. The Labute approximate surface area is 229 Å². The number of amides is 4. The molecule has 0 unspecified atom stereocenters. The van der Waals surface area contributed by atoms with E-state index in [0.29, 0.717) is 36.8 Å². The first-order valence-corrected chi connectivity index (χ1v) is 13.7. The molecule has 0 bridgehead atoms. The highest BCUT2D eigenvalue weighted by Crippen LogP contribution is 2.31. The molecule has 3 aromatic rings. The van der Waals surface area contributed by atoms with Crippen LogP contribution in [0.25, 0.3) is 0 Å². The van der Waals surface area contributed by atoms with E-state index >= 15 is 0 Å². The zero-order chi connectivity index (χ0) is 26.5. The molecule has 0 atom stereocenters. The lowest BCUT2D eigenvalue weighted by Gasteiger charge is -2.39. The maximum absolute atomic E-state index is 13.1. The van der Waals surface area contributed by atoms with E-state index < -0.39 is 11.8 Å². The summed E-state index contributed by atoms with van der Waals surface area (Å²) in [6.07, 6.45) is 3.37. The second-order valence-corrected chi connectivity index (χ2v) is 10.5. The summed E-state index contributed by atoms with van der Waals surface area (Å²) in [6.45, 7) is 4.19. The summed E-state index contributed by atoms with van der Waals surface area (Å²) < 4.78 is 0. The van der Waals surface area contributed by atoms with Gasteiger partial charge in [-0.3, -0.25) is 20.4 Å². The smallest absolute Gasteiger partial charge is 0.320 e. The predicted octanol–water partition coefficient (Wildman–Crippen LogP) is 3.39. The van der Waals surface area contributed by atoms with E-state index in [1.165, 1.54) is 17.4 Å². The number of aromatic nitrogens is 2. The van der Waals surface area contributed by atoms with Crippen LogP contribution in [-0.2, 0) is 0 Å². The average Bonchev–Trinajstić information content (AvgIpc) is 3.47. The number of rotatable bonds is 4. The number of carbonyl (C=O) groups excluding carboxylic acids is 3. The number of piperazine rings is 1. The van der Waals surface area contributed by atoms with E-state index in [-0.39, 0.29) is 17.6 Å². The van der Waals surface area contributed by atoms with Crippen molar-refractivity contribution in [2.75, 3.05) is 44.2 Å². The van der Waals surface area contributed by atoms with Crippen molar-refractivity contribution in [3.63, 3.8) is 0 Å². The lowest BCUT2D eigenvalue weighted by atomic mass is 9.98. The number of nitrogens with one attached hydrogen (secondary N) is 2. The number of likely N-dealkylation sites (tertiary alicyclic amines) is 1. The Kier molecular flexibility index (Phi) is 8.04. The molecule has 2 aromatic heterocycles. The standard InChI is InChI=1S/C26H28ClN7O3S/c27-20-5-3-4-19(16-20)23(35)30-31-24(36)21-17-38-25(29-21)18-7-10-33(11-8-18)26(37)34-14-12-32(13-15-34)22-6-1-2-9-28-22/h1-6,9,16-18H,7-8,10-15H2,(H,30,35)(H,31,36). The Bertz CT molecular complexity index is 1290. The molecular formula is C26H28ClN7O3S. The molecule has 0 saturated carbocycles. The lowest BCUT2D eigenvalue weighted by molar-refractivity contribution is 0.0844. The first kappa shape index (κ1) is 25.9. The number of nitrogens with zero attached hydrogens (tertiary/aromatic N) is 5. The number of pyridine rings is 1. The van der Waals surface area contributed by atoms with Gasteiger partial charge in [0.05, 0.1) is 5.01 Å². The molecule has 0 spiro atoms. The third kappa shape index (κ3) is 6.05. The number of piperidine rings is 1. The highest BCUT2D eigenvalue weighted by atomic mass is 35.5. The first-order chi connectivity index (χ1) is 18.5. The molecule has 4 amide bonds. The summed E-state index contributed by atoms with van der Waals surface area (Å²) in [5, 5.41) is 2.99. The highest BCUT2D eigenvalue weighted by Gasteiger charge is 2.30. The fourth-order valence-corrected chi connectivity index (χ4v) is 5.81.